The molecule has 1 saturated carbocycles. The number of aliphatic hydroxyl groups excluding tert-OH is 1. The molecule has 0 radical (unpaired) electrons. The van der Waals surface area contributed by atoms with E-state index in [0.717, 1.165) is 5.69 Å². The maximum Gasteiger partial charge on any atom is 0.290 e. The summed E-state index contributed by atoms with van der Waals surface area (Å²) in [6, 6.07) is 7.04. The minimum atomic E-state index is -0.714. The first-order valence-corrected chi connectivity index (χ1v) is 9.63. The Hall–Kier alpha value is -3.27. The van der Waals surface area contributed by atoms with Gasteiger partial charge in [-0.3, -0.25) is 24.5 Å². The van der Waals surface area contributed by atoms with Gasteiger partial charge in [-0.1, -0.05) is 6.07 Å². The second-order valence-electron chi connectivity index (χ2n) is 7.10. The first kappa shape index (κ1) is 23.0. The second-order valence-corrected chi connectivity index (χ2v) is 7.10. The predicted octanol–water partition coefficient (Wildman–Crippen LogP) is 0.00480. The number of aromatic amines is 1. The summed E-state index contributed by atoms with van der Waals surface area (Å²) in [4.78, 5) is 39.1. The van der Waals surface area contributed by atoms with E-state index in [-0.39, 0.29) is 30.6 Å². The summed E-state index contributed by atoms with van der Waals surface area (Å²) in [7, 11) is 1.77. The fourth-order valence-electron chi connectivity index (χ4n) is 3.44. The molecule has 3 atom stereocenters. The first-order chi connectivity index (χ1) is 14.4. The Morgan fingerprint density at radius 3 is 2.70 bits per heavy atom. The van der Waals surface area contributed by atoms with E-state index < -0.39 is 12.1 Å². The largest absolute Gasteiger partial charge is 0.483 e. The Labute approximate surface area is 174 Å². The van der Waals surface area contributed by atoms with Crippen molar-refractivity contribution in [3.05, 3.63) is 48.0 Å². The van der Waals surface area contributed by atoms with Crippen LogP contribution in [0.25, 0.3) is 0 Å². The van der Waals surface area contributed by atoms with E-state index in [4.69, 9.17) is 9.90 Å². The number of aliphatic hydroxyl groups is 1. The molecule has 2 amide bonds. The van der Waals surface area contributed by atoms with Crippen LogP contribution in [0.3, 0.4) is 0 Å². The van der Waals surface area contributed by atoms with Crippen molar-refractivity contribution in [1.82, 2.24) is 25.4 Å². The summed E-state index contributed by atoms with van der Waals surface area (Å²) >= 11 is 0. The van der Waals surface area contributed by atoms with Gasteiger partial charge in [0.1, 0.15) is 0 Å². The Bertz CT molecular complexity index is 799. The van der Waals surface area contributed by atoms with E-state index >= 15 is 0 Å². The molecule has 2 aromatic rings. The molecule has 0 unspecified atom stereocenters. The van der Waals surface area contributed by atoms with E-state index in [1.165, 1.54) is 0 Å². The van der Waals surface area contributed by atoms with Crippen molar-refractivity contribution >= 4 is 18.3 Å². The molecule has 30 heavy (non-hydrogen) atoms. The second kappa shape index (κ2) is 11.7. The number of hydrogen-bond donors (Lipinski definition) is 4. The zero-order chi connectivity index (χ0) is 21.9. The van der Waals surface area contributed by atoms with Gasteiger partial charge in [-0.25, -0.2) is 0 Å². The lowest BCUT2D eigenvalue weighted by Gasteiger charge is -2.21. The third-order valence-corrected chi connectivity index (χ3v) is 4.94. The van der Waals surface area contributed by atoms with Crippen LogP contribution in [-0.2, 0) is 27.2 Å². The lowest BCUT2D eigenvalue weighted by molar-refractivity contribution is -0.134. The molecule has 10 nitrogen and oxygen atoms in total. The van der Waals surface area contributed by atoms with Crippen molar-refractivity contribution < 1.29 is 24.6 Å². The number of nitrogens with zero attached hydrogens (tertiary/aromatic N) is 3. The van der Waals surface area contributed by atoms with Crippen LogP contribution in [0, 0.1) is 5.92 Å². The minimum Gasteiger partial charge on any atom is -0.483 e. The van der Waals surface area contributed by atoms with Gasteiger partial charge < -0.3 is 20.4 Å². The van der Waals surface area contributed by atoms with Crippen LogP contribution in [-0.4, -0.2) is 74.3 Å². The number of carbonyl (C=O) groups excluding carboxylic acids is 2. The molecular weight excluding hydrogens is 390 g/mol. The molecule has 0 aliphatic heterocycles. The maximum absolute atomic E-state index is 12.7. The highest BCUT2D eigenvalue weighted by Crippen LogP contribution is 2.28. The highest BCUT2D eigenvalue weighted by atomic mass is 16.3. The van der Waals surface area contributed by atoms with E-state index in [2.05, 4.69) is 20.5 Å². The van der Waals surface area contributed by atoms with Gasteiger partial charge in [0.25, 0.3) is 6.47 Å². The fourth-order valence-corrected chi connectivity index (χ4v) is 3.44. The summed E-state index contributed by atoms with van der Waals surface area (Å²) in [5.74, 6) is -0.485. The Kier molecular flexibility index (Phi) is 8.95. The minimum absolute atomic E-state index is 0.00435. The van der Waals surface area contributed by atoms with Gasteiger partial charge in [-0.2, -0.15) is 5.10 Å². The van der Waals surface area contributed by atoms with E-state index in [0.29, 0.717) is 31.5 Å². The third-order valence-electron chi connectivity index (χ3n) is 4.94. The molecule has 1 aliphatic carbocycles. The number of hydrogen-bond acceptors (Lipinski definition) is 6. The number of carbonyl (C=O) groups is 3. The van der Waals surface area contributed by atoms with Gasteiger partial charge in [-0.05, 0) is 31.0 Å². The number of rotatable bonds is 7. The molecule has 1 fully saturated rings. The van der Waals surface area contributed by atoms with Gasteiger partial charge in [0.05, 0.1) is 18.6 Å². The molecule has 0 aromatic carbocycles. The van der Waals surface area contributed by atoms with Crippen LogP contribution in [0.15, 0.2) is 36.7 Å². The van der Waals surface area contributed by atoms with Gasteiger partial charge >= 0.3 is 0 Å². The molecular formula is C20H27N5O5. The van der Waals surface area contributed by atoms with Crippen molar-refractivity contribution in [3.8, 4) is 0 Å². The van der Waals surface area contributed by atoms with E-state index in [9.17, 15) is 14.7 Å². The summed E-state index contributed by atoms with van der Waals surface area (Å²) < 4.78 is 0. The molecule has 0 bridgehead atoms. The Morgan fingerprint density at radius 1 is 1.30 bits per heavy atom. The molecule has 4 N–H and O–H groups in total. The predicted molar refractivity (Wildman–Crippen MR) is 107 cm³/mol. The average molecular weight is 417 g/mol. The monoisotopic (exact) mass is 417 g/mol. The van der Waals surface area contributed by atoms with Gasteiger partial charge in [0, 0.05) is 49.7 Å². The van der Waals surface area contributed by atoms with Crippen molar-refractivity contribution in [3.63, 3.8) is 0 Å². The van der Waals surface area contributed by atoms with Crippen LogP contribution >= 0.6 is 0 Å². The van der Waals surface area contributed by atoms with Gasteiger partial charge in [0.15, 0.2) is 0 Å². The quantitative estimate of drug-likeness (QED) is 0.464. The number of H-pyrrole nitrogens is 1. The van der Waals surface area contributed by atoms with Crippen LogP contribution in [0.5, 0.6) is 0 Å². The molecule has 10 heteroatoms. The van der Waals surface area contributed by atoms with E-state index in [1.54, 1.807) is 30.4 Å². The summed E-state index contributed by atoms with van der Waals surface area (Å²) in [6.45, 7) is 0.319. The van der Waals surface area contributed by atoms with E-state index in [1.807, 2.05) is 18.2 Å². The van der Waals surface area contributed by atoms with Crippen LogP contribution in [0.2, 0.25) is 0 Å². The van der Waals surface area contributed by atoms with Gasteiger partial charge in [0.2, 0.25) is 11.8 Å². The molecule has 2 heterocycles. The number of amides is 2. The van der Waals surface area contributed by atoms with Crippen molar-refractivity contribution in [2.45, 2.75) is 37.8 Å². The van der Waals surface area contributed by atoms with Crippen LogP contribution < -0.4 is 5.32 Å². The Morgan fingerprint density at radius 2 is 2.07 bits per heavy atom. The number of likely N-dealkylation sites (N-methyl/N-ethyl adjacent to an activating group) is 1. The number of aromatic nitrogens is 3. The zero-order valence-corrected chi connectivity index (χ0v) is 16.8. The lowest BCUT2D eigenvalue weighted by atomic mass is 10.1. The topological polar surface area (TPSA) is 149 Å². The van der Waals surface area contributed by atoms with Gasteiger partial charge in [-0.15, -0.1) is 0 Å². The molecule has 0 saturated heterocycles. The number of carboxylic acid groups (broad SMARTS) is 1. The zero-order valence-electron chi connectivity index (χ0n) is 16.8. The molecule has 162 valence electrons. The van der Waals surface area contributed by atoms with Crippen LogP contribution in [0.1, 0.15) is 24.2 Å². The van der Waals surface area contributed by atoms with Crippen molar-refractivity contribution in [1.29, 1.82) is 0 Å². The number of pyridine rings is 1. The summed E-state index contributed by atoms with van der Waals surface area (Å²) in [6.07, 6.45) is 4.27. The van der Waals surface area contributed by atoms with Crippen molar-refractivity contribution in [2.75, 3.05) is 13.6 Å². The third kappa shape index (κ3) is 6.96. The molecule has 1 aliphatic rings. The highest BCUT2D eigenvalue weighted by Gasteiger charge is 2.38. The lowest BCUT2D eigenvalue weighted by Crippen LogP contribution is -2.41. The summed E-state index contributed by atoms with van der Waals surface area (Å²) in [5.41, 5.74) is 1.65. The molecule has 0 spiro atoms. The first-order valence-electron chi connectivity index (χ1n) is 9.63. The normalized spacial score (nSPS) is 20.0. The van der Waals surface area contributed by atoms with Crippen LogP contribution in [0.4, 0.5) is 0 Å². The Balaban J connectivity index is 0.00000101. The standard InChI is InChI=1S/C19H25N5O3.CH2O2/c1-24(9-6-14-4-2-3-7-20-14)19(27)13-10-16(17(25)11-13)22-18(26)12-15-5-8-21-23-15;2-1-3/h2-5,7-8,13,16-17,25H,6,9-12H2,1H3,(H,21,23)(H,22,26);1H,(H,2,3)/t13-,16+,17+;/m0./s1. The smallest absolute Gasteiger partial charge is 0.290 e. The van der Waals surface area contributed by atoms with Crippen molar-refractivity contribution in [2.24, 2.45) is 5.92 Å². The molecule has 2 aromatic heterocycles. The average Bonchev–Trinajstić information content (AvgIpc) is 3.37. The maximum atomic E-state index is 12.7. The highest BCUT2D eigenvalue weighted by molar-refractivity contribution is 5.80. The molecule has 3 rings (SSSR count). The number of nitrogens with one attached hydrogen (secondary N) is 2. The fraction of sp³-hybridized carbons (Fsp3) is 0.450. The SMILES string of the molecule is CN(CCc1ccccn1)C(=O)[C@@H]1C[C@@H](O)[C@H](NC(=O)Cc2ccn[nH]2)C1.O=CO. The summed E-state index contributed by atoms with van der Waals surface area (Å²) in [5, 5.41) is 26.5.